The van der Waals surface area contributed by atoms with Gasteiger partial charge in [0, 0.05) is 5.56 Å². The molecule has 26 heavy (non-hydrogen) atoms. The van der Waals surface area contributed by atoms with Crippen molar-refractivity contribution in [1.29, 1.82) is 0 Å². The summed E-state index contributed by atoms with van der Waals surface area (Å²) in [6.07, 6.45) is 1.40. The van der Waals surface area contributed by atoms with Crippen LogP contribution in [0.2, 0.25) is 0 Å². The topological polar surface area (TPSA) is 110 Å². The van der Waals surface area contributed by atoms with Gasteiger partial charge < -0.3 is 19.0 Å². The zero-order valence-electron chi connectivity index (χ0n) is 14.1. The molecule has 8 nitrogen and oxygen atoms in total. The molecule has 8 heteroatoms. The number of furan rings is 1. The van der Waals surface area contributed by atoms with Gasteiger partial charge in [0.2, 0.25) is 5.91 Å². The Morgan fingerprint density at radius 1 is 1.27 bits per heavy atom. The Bertz CT molecular complexity index is 836. The summed E-state index contributed by atoms with van der Waals surface area (Å²) in [6, 6.07) is 9.78. The van der Waals surface area contributed by atoms with E-state index >= 15 is 0 Å². The molecule has 0 spiro atoms. The smallest absolute Gasteiger partial charge is 0.335 e. The number of carbonyl (C=O) groups is 2. The maximum absolute atomic E-state index is 11.9. The first-order valence-electron chi connectivity index (χ1n) is 7.99. The number of carbonyl (C=O) groups excluding carboxylic acids is 1. The van der Waals surface area contributed by atoms with Gasteiger partial charge in [-0.15, -0.1) is 0 Å². The fraction of sp³-hybridized carbons (Fsp3) is 0.278. The van der Waals surface area contributed by atoms with Crippen LogP contribution in [0.1, 0.15) is 29.5 Å². The molecule has 2 heterocycles. The second-order valence-electron chi connectivity index (χ2n) is 5.89. The van der Waals surface area contributed by atoms with E-state index in [0.29, 0.717) is 30.3 Å². The number of amides is 1. The molecule has 0 atom stereocenters. The van der Waals surface area contributed by atoms with Gasteiger partial charge in [-0.25, -0.2) is 10.2 Å². The molecule has 1 aromatic heterocycles. The standard InChI is InChI=1S/C18H18N2O6/c1-18(24-7-8-25-18)10-16(21)20-19-11-14-5-6-15(26-14)12-3-2-4-13(9-12)17(22)23/h2-6,9,11H,7-8,10H2,1H3,(H,20,21)(H,22,23)/b19-11-. The summed E-state index contributed by atoms with van der Waals surface area (Å²) >= 11 is 0. The second kappa shape index (κ2) is 7.51. The molecule has 1 amide bonds. The van der Waals surface area contributed by atoms with Crippen molar-refractivity contribution >= 4 is 18.1 Å². The zero-order chi connectivity index (χ0) is 18.6. The third kappa shape index (κ3) is 4.35. The molecule has 0 radical (unpaired) electrons. The van der Waals surface area contributed by atoms with Crippen molar-refractivity contribution in [3.8, 4) is 11.3 Å². The first kappa shape index (κ1) is 17.8. The van der Waals surface area contributed by atoms with Crippen molar-refractivity contribution < 1.29 is 28.6 Å². The fourth-order valence-electron chi connectivity index (χ4n) is 2.54. The largest absolute Gasteiger partial charge is 0.478 e. The molecule has 3 rings (SSSR count). The normalized spacial score (nSPS) is 16.0. The van der Waals surface area contributed by atoms with E-state index in [9.17, 15) is 9.59 Å². The number of carboxylic acids is 1. The lowest BCUT2D eigenvalue weighted by Gasteiger charge is -2.20. The molecule has 2 N–H and O–H groups in total. The lowest BCUT2D eigenvalue weighted by molar-refractivity contribution is -0.159. The minimum absolute atomic E-state index is 0.0374. The maximum atomic E-state index is 11.9. The molecule has 1 fully saturated rings. The molecule has 1 aliphatic rings. The molecular weight excluding hydrogens is 340 g/mol. The Kier molecular flexibility index (Phi) is 5.15. The first-order chi connectivity index (χ1) is 12.5. The summed E-state index contributed by atoms with van der Waals surface area (Å²) in [5.41, 5.74) is 3.20. The summed E-state index contributed by atoms with van der Waals surface area (Å²) in [7, 11) is 0. The maximum Gasteiger partial charge on any atom is 0.335 e. The average Bonchev–Trinajstić information content (AvgIpc) is 3.24. The van der Waals surface area contributed by atoms with Crippen LogP contribution in [0, 0.1) is 0 Å². The van der Waals surface area contributed by atoms with Gasteiger partial charge in [-0.05, 0) is 31.2 Å². The van der Waals surface area contributed by atoms with Crippen LogP contribution >= 0.6 is 0 Å². The molecule has 136 valence electrons. The predicted molar refractivity (Wildman–Crippen MR) is 91.8 cm³/mol. The van der Waals surface area contributed by atoms with Gasteiger partial charge in [0.1, 0.15) is 11.5 Å². The molecule has 1 aliphatic heterocycles. The van der Waals surface area contributed by atoms with Gasteiger partial charge in [0.05, 0.1) is 31.4 Å². The van der Waals surface area contributed by atoms with Crippen LogP contribution in [-0.4, -0.2) is 42.2 Å². The molecule has 0 unspecified atom stereocenters. The number of rotatable bonds is 6. The SMILES string of the molecule is CC1(CC(=O)N/N=C\c2ccc(-c3cccc(C(=O)O)c3)o2)OCCO1. The molecule has 0 bridgehead atoms. The Balaban J connectivity index is 1.59. The second-order valence-corrected chi connectivity index (χ2v) is 5.89. The van der Waals surface area contributed by atoms with Crippen LogP contribution in [0.25, 0.3) is 11.3 Å². The fourth-order valence-corrected chi connectivity index (χ4v) is 2.54. The Hall–Kier alpha value is -2.97. The van der Waals surface area contributed by atoms with E-state index in [4.69, 9.17) is 19.0 Å². The number of carboxylic acid groups (broad SMARTS) is 1. The highest BCUT2D eigenvalue weighted by Gasteiger charge is 2.33. The van der Waals surface area contributed by atoms with Gasteiger partial charge in [0.15, 0.2) is 5.79 Å². The number of hydrogen-bond donors (Lipinski definition) is 2. The molecule has 0 aliphatic carbocycles. The quantitative estimate of drug-likeness (QED) is 0.605. The monoisotopic (exact) mass is 358 g/mol. The Labute approximate surface area is 149 Å². The van der Waals surface area contributed by atoms with Crippen LogP contribution in [-0.2, 0) is 14.3 Å². The van der Waals surface area contributed by atoms with Crippen molar-refractivity contribution in [1.82, 2.24) is 5.43 Å². The Morgan fingerprint density at radius 3 is 2.77 bits per heavy atom. The zero-order valence-corrected chi connectivity index (χ0v) is 14.1. The Morgan fingerprint density at radius 2 is 2.04 bits per heavy atom. The minimum atomic E-state index is -1.01. The van der Waals surface area contributed by atoms with Crippen molar-refractivity contribution in [3.63, 3.8) is 0 Å². The first-order valence-corrected chi connectivity index (χ1v) is 7.99. The highest BCUT2D eigenvalue weighted by atomic mass is 16.7. The van der Waals surface area contributed by atoms with Crippen molar-refractivity contribution in [2.45, 2.75) is 19.1 Å². The number of hydrogen-bond acceptors (Lipinski definition) is 6. The number of aromatic carboxylic acids is 1. The van der Waals surface area contributed by atoms with Crippen molar-refractivity contribution in [2.75, 3.05) is 13.2 Å². The van der Waals surface area contributed by atoms with E-state index in [1.54, 1.807) is 31.2 Å². The lowest BCUT2D eigenvalue weighted by atomic mass is 10.1. The summed E-state index contributed by atoms with van der Waals surface area (Å²) in [5, 5.41) is 12.9. The molecule has 2 aromatic rings. The molecule has 0 saturated carbocycles. The average molecular weight is 358 g/mol. The van der Waals surface area contributed by atoms with E-state index in [0.717, 1.165) is 0 Å². The van der Waals surface area contributed by atoms with Gasteiger partial charge in [-0.2, -0.15) is 5.10 Å². The van der Waals surface area contributed by atoms with Crippen molar-refractivity contribution in [2.24, 2.45) is 5.10 Å². The molecule has 1 saturated heterocycles. The summed E-state index contributed by atoms with van der Waals surface area (Å²) in [4.78, 5) is 22.9. The number of hydrazone groups is 1. The third-order valence-electron chi connectivity index (χ3n) is 3.78. The molecule has 1 aromatic carbocycles. The van der Waals surface area contributed by atoms with Gasteiger partial charge in [-0.1, -0.05) is 12.1 Å². The van der Waals surface area contributed by atoms with Crippen molar-refractivity contribution in [3.05, 3.63) is 47.7 Å². The number of nitrogens with one attached hydrogen (secondary N) is 1. The predicted octanol–water partition coefficient (Wildman–Crippen LogP) is 2.25. The van der Waals surface area contributed by atoms with E-state index < -0.39 is 11.8 Å². The van der Waals surface area contributed by atoms with Crippen LogP contribution in [0.15, 0.2) is 45.9 Å². The van der Waals surface area contributed by atoms with Gasteiger partial charge in [0.25, 0.3) is 0 Å². The van der Waals surface area contributed by atoms with E-state index in [-0.39, 0.29) is 17.9 Å². The van der Waals surface area contributed by atoms with Crippen LogP contribution in [0.5, 0.6) is 0 Å². The van der Waals surface area contributed by atoms with Gasteiger partial charge >= 0.3 is 5.97 Å². The van der Waals surface area contributed by atoms with E-state index in [1.165, 1.54) is 18.3 Å². The number of benzene rings is 1. The van der Waals surface area contributed by atoms with Crippen LogP contribution in [0.3, 0.4) is 0 Å². The van der Waals surface area contributed by atoms with E-state index in [1.807, 2.05) is 0 Å². The summed E-state index contributed by atoms with van der Waals surface area (Å²) in [6.45, 7) is 2.63. The molecular formula is C18H18N2O6. The summed E-state index contributed by atoms with van der Waals surface area (Å²) in [5.74, 6) is -1.34. The number of ether oxygens (including phenoxy) is 2. The van der Waals surface area contributed by atoms with Crippen LogP contribution < -0.4 is 5.43 Å². The highest BCUT2D eigenvalue weighted by molar-refractivity contribution is 5.89. The number of nitrogens with zero attached hydrogens (tertiary/aromatic N) is 1. The van der Waals surface area contributed by atoms with Crippen LogP contribution in [0.4, 0.5) is 0 Å². The highest BCUT2D eigenvalue weighted by Crippen LogP contribution is 2.23. The minimum Gasteiger partial charge on any atom is -0.478 e. The lowest BCUT2D eigenvalue weighted by Crippen LogP contribution is -2.33. The summed E-state index contributed by atoms with van der Waals surface area (Å²) < 4.78 is 16.3. The third-order valence-corrected chi connectivity index (χ3v) is 3.78. The van der Waals surface area contributed by atoms with Gasteiger partial charge in [-0.3, -0.25) is 4.79 Å². The van der Waals surface area contributed by atoms with E-state index in [2.05, 4.69) is 10.5 Å².